The second-order valence-electron chi connectivity index (χ2n) is 2.86. The highest BCUT2D eigenvalue weighted by Gasteiger charge is 2.11. The Bertz CT molecular complexity index is 171. The molecule has 0 rings (SSSR count). The van der Waals surface area contributed by atoms with Crippen LogP contribution in [-0.4, -0.2) is 24.0 Å². The molecule has 0 aromatic rings. The van der Waals surface area contributed by atoms with Gasteiger partial charge in [-0.05, 0) is 13.3 Å². The molecule has 0 aliphatic carbocycles. The van der Waals surface area contributed by atoms with Crippen molar-refractivity contribution in [3.8, 4) is 12.1 Å². The van der Waals surface area contributed by atoms with Gasteiger partial charge in [0.2, 0.25) is 0 Å². The van der Waals surface area contributed by atoms with Crippen LogP contribution in [0.2, 0.25) is 0 Å². The lowest BCUT2D eigenvalue weighted by atomic mass is 10.1. The molecule has 0 amide bonds. The lowest BCUT2D eigenvalue weighted by Gasteiger charge is -2.23. The molecule has 0 aliphatic heterocycles. The number of nitrogens with zero attached hydrogens (tertiary/aromatic N) is 3. The highest BCUT2D eigenvalue weighted by molar-refractivity contribution is 4.86. The molecule has 1 unspecified atom stereocenters. The summed E-state index contributed by atoms with van der Waals surface area (Å²) in [7, 11) is 0. The maximum atomic E-state index is 8.48. The van der Waals surface area contributed by atoms with E-state index < -0.39 is 0 Å². The monoisotopic (exact) mass is 165 g/mol. The van der Waals surface area contributed by atoms with Gasteiger partial charge in [-0.25, -0.2) is 0 Å². The van der Waals surface area contributed by atoms with Crippen molar-refractivity contribution in [3.63, 3.8) is 0 Å². The first-order chi connectivity index (χ1) is 5.76. The first-order valence-electron chi connectivity index (χ1n) is 4.24. The van der Waals surface area contributed by atoms with Gasteiger partial charge in [0.15, 0.2) is 0 Å². The number of nitriles is 2. The summed E-state index contributed by atoms with van der Waals surface area (Å²) in [6.45, 7) is 4.87. The van der Waals surface area contributed by atoms with Gasteiger partial charge in [0.05, 0.1) is 25.2 Å². The van der Waals surface area contributed by atoms with Gasteiger partial charge < -0.3 is 0 Å². The fraction of sp³-hybridized carbons (Fsp3) is 0.778. The van der Waals surface area contributed by atoms with Gasteiger partial charge in [-0.1, -0.05) is 13.3 Å². The smallest absolute Gasteiger partial charge is 0.0876 e. The van der Waals surface area contributed by atoms with Crippen molar-refractivity contribution in [3.05, 3.63) is 0 Å². The van der Waals surface area contributed by atoms with Crippen LogP contribution in [0.25, 0.3) is 0 Å². The van der Waals surface area contributed by atoms with Crippen LogP contribution in [0.5, 0.6) is 0 Å². The molecule has 0 fully saturated rings. The van der Waals surface area contributed by atoms with Crippen molar-refractivity contribution in [2.75, 3.05) is 13.1 Å². The largest absolute Gasteiger partial charge is 0.275 e. The quantitative estimate of drug-likeness (QED) is 0.580. The summed E-state index contributed by atoms with van der Waals surface area (Å²) in [5.74, 6) is 0. The van der Waals surface area contributed by atoms with E-state index in [0.29, 0.717) is 19.1 Å². The molecule has 0 aromatic heterocycles. The van der Waals surface area contributed by atoms with Gasteiger partial charge in [-0.15, -0.1) is 0 Å². The Morgan fingerprint density at radius 2 is 1.75 bits per heavy atom. The van der Waals surface area contributed by atoms with Gasteiger partial charge in [0.1, 0.15) is 0 Å². The minimum atomic E-state index is 0.342. The first kappa shape index (κ1) is 10.9. The van der Waals surface area contributed by atoms with E-state index in [4.69, 9.17) is 10.5 Å². The molecule has 0 saturated heterocycles. The van der Waals surface area contributed by atoms with Gasteiger partial charge in [-0.3, -0.25) is 4.90 Å². The van der Waals surface area contributed by atoms with Gasteiger partial charge in [-0.2, -0.15) is 10.5 Å². The second kappa shape index (κ2) is 6.64. The van der Waals surface area contributed by atoms with Gasteiger partial charge in [0, 0.05) is 6.04 Å². The molecule has 0 bridgehead atoms. The molecule has 12 heavy (non-hydrogen) atoms. The van der Waals surface area contributed by atoms with Crippen LogP contribution in [0.4, 0.5) is 0 Å². The highest BCUT2D eigenvalue weighted by Crippen LogP contribution is 2.04. The summed E-state index contributed by atoms with van der Waals surface area (Å²) < 4.78 is 0. The van der Waals surface area contributed by atoms with Crippen molar-refractivity contribution in [2.24, 2.45) is 0 Å². The molecule has 3 heteroatoms. The summed E-state index contributed by atoms with van der Waals surface area (Å²) in [6.07, 6.45) is 2.14. The van der Waals surface area contributed by atoms with E-state index in [-0.39, 0.29) is 0 Å². The molecular weight excluding hydrogens is 150 g/mol. The standard InChI is InChI=1S/C9H15N3/c1-3-4-9(2)12(7-5-10)8-6-11/h9H,3-4,7-8H2,1-2H3. The zero-order valence-corrected chi connectivity index (χ0v) is 7.75. The van der Waals surface area contributed by atoms with Crippen LogP contribution in [0, 0.1) is 22.7 Å². The molecule has 66 valence electrons. The zero-order chi connectivity index (χ0) is 9.40. The molecular formula is C9H15N3. The van der Waals surface area contributed by atoms with Crippen molar-refractivity contribution in [1.82, 2.24) is 4.90 Å². The van der Waals surface area contributed by atoms with Crippen molar-refractivity contribution >= 4 is 0 Å². The summed E-state index contributed by atoms with van der Waals surface area (Å²) >= 11 is 0. The molecule has 0 spiro atoms. The SMILES string of the molecule is CCCC(C)N(CC#N)CC#N. The molecule has 0 saturated carbocycles. The molecule has 0 heterocycles. The van der Waals surface area contributed by atoms with E-state index in [1.54, 1.807) is 0 Å². The van der Waals surface area contributed by atoms with Crippen LogP contribution in [0.15, 0.2) is 0 Å². The van der Waals surface area contributed by atoms with E-state index in [0.717, 1.165) is 12.8 Å². The average molecular weight is 165 g/mol. The molecule has 0 aliphatic rings. The molecule has 3 nitrogen and oxygen atoms in total. The molecule has 0 aromatic carbocycles. The van der Waals surface area contributed by atoms with Crippen molar-refractivity contribution in [2.45, 2.75) is 32.7 Å². The maximum Gasteiger partial charge on any atom is 0.0876 e. The minimum Gasteiger partial charge on any atom is -0.275 e. The highest BCUT2D eigenvalue weighted by atomic mass is 15.1. The summed E-state index contributed by atoms with van der Waals surface area (Å²) in [4.78, 5) is 1.89. The Morgan fingerprint density at radius 3 is 2.08 bits per heavy atom. The fourth-order valence-electron chi connectivity index (χ4n) is 1.15. The Hall–Kier alpha value is -1.06. The van der Waals surface area contributed by atoms with Crippen LogP contribution >= 0.6 is 0 Å². The normalized spacial score (nSPS) is 12.1. The third kappa shape index (κ3) is 3.95. The Labute approximate surface area is 74.2 Å². The van der Waals surface area contributed by atoms with Gasteiger partial charge >= 0.3 is 0 Å². The fourth-order valence-corrected chi connectivity index (χ4v) is 1.15. The van der Waals surface area contributed by atoms with E-state index in [1.807, 2.05) is 4.90 Å². The van der Waals surface area contributed by atoms with Crippen LogP contribution in [0.1, 0.15) is 26.7 Å². The topological polar surface area (TPSA) is 50.8 Å². The lowest BCUT2D eigenvalue weighted by Crippen LogP contribution is -2.33. The van der Waals surface area contributed by atoms with Crippen molar-refractivity contribution < 1.29 is 0 Å². The minimum absolute atomic E-state index is 0.342. The van der Waals surface area contributed by atoms with Crippen LogP contribution in [-0.2, 0) is 0 Å². The van der Waals surface area contributed by atoms with Crippen LogP contribution < -0.4 is 0 Å². The Morgan fingerprint density at radius 1 is 1.25 bits per heavy atom. The maximum absolute atomic E-state index is 8.48. The van der Waals surface area contributed by atoms with Crippen LogP contribution in [0.3, 0.4) is 0 Å². The van der Waals surface area contributed by atoms with Gasteiger partial charge in [0.25, 0.3) is 0 Å². The number of hydrogen-bond acceptors (Lipinski definition) is 3. The van der Waals surface area contributed by atoms with E-state index >= 15 is 0 Å². The molecule has 0 N–H and O–H groups in total. The molecule has 1 atom stereocenters. The summed E-state index contributed by atoms with van der Waals surface area (Å²) in [5, 5.41) is 17.0. The lowest BCUT2D eigenvalue weighted by molar-refractivity contribution is 0.248. The first-order valence-corrected chi connectivity index (χ1v) is 4.24. The zero-order valence-electron chi connectivity index (χ0n) is 7.75. The third-order valence-corrected chi connectivity index (χ3v) is 1.88. The number of rotatable bonds is 5. The van der Waals surface area contributed by atoms with E-state index in [1.165, 1.54) is 0 Å². The van der Waals surface area contributed by atoms with E-state index in [9.17, 15) is 0 Å². The Balaban J connectivity index is 3.93. The third-order valence-electron chi connectivity index (χ3n) is 1.88. The second-order valence-corrected chi connectivity index (χ2v) is 2.86. The summed E-state index contributed by atoms with van der Waals surface area (Å²) in [5.41, 5.74) is 0. The summed E-state index contributed by atoms with van der Waals surface area (Å²) in [6, 6.07) is 4.48. The Kier molecular flexibility index (Phi) is 6.05. The number of hydrogen-bond donors (Lipinski definition) is 0. The predicted molar refractivity (Wildman–Crippen MR) is 47.2 cm³/mol. The van der Waals surface area contributed by atoms with E-state index in [2.05, 4.69) is 26.0 Å². The van der Waals surface area contributed by atoms with Crippen molar-refractivity contribution in [1.29, 1.82) is 10.5 Å². The molecule has 0 radical (unpaired) electrons. The average Bonchev–Trinajstić information content (AvgIpc) is 2.04. The predicted octanol–water partition coefficient (Wildman–Crippen LogP) is 1.52.